The van der Waals surface area contributed by atoms with E-state index in [0.29, 0.717) is 11.1 Å². The fraction of sp³-hybridized carbons (Fsp3) is 0.455. The van der Waals surface area contributed by atoms with Crippen LogP contribution < -0.4 is 0 Å². The Hall–Kier alpha value is -1.07. The molecule has 3 atom stereocenters. The summed E-state index contributed by atoms with van der Waals surface area (Å²) < 4.78 is 37.0. The van der Waals surface area contributed by atoms with Crippen LogP contribution in [0.2, 0.25) is 0 Å². The SMILES string of the molecule is O[C@@H]1c2ccccc2C[C@@H]1[C@H](O)C(F)(F)F. The van der Waals surface area contributed by atoms with Gasteiger partial charge in [-0.15, -0.1) is 0 Å². The standard InChI is InChI=1S/C11H11F3O2/c12-11(13,14)10(16)8-5-6-3-1-2-4-7(6)9(8)15/h1-4,8-10,15-16H,5H2/t8-,9+,10-/m0/s1. The van der Waals surface area contributed by atoms with Gasteiger partial charge in [-0.25, -0.2) is 0 Å². The molecule has 0 spiro atoms. The summed E-state index contributed by atoms with van der Waals surface area (Å²) in [6, 6.07) is 6.61. The van der Waals surface area contributed by atoms with Crippen LogP contribution in [-0.2, 0) is 6.42 Å². The van der Waals surface area contributed by atoms with E-state index in [2.05, 4.69) is 0 Å². The largest absolute Gasteiger partial charge is 0.414 e. The van der Waals surface area contributed by atoms with Gasteiger partial charge in [-0.1, -0.05) is 24.3 Å². The fourth-order valence-corrected chi connectivity index (χ4v) is 2.13. The molecular weight excluding hydrogens is 221 g/mol. The Morgan fingerprint density at radius 1 is 1.25 bits per heavy atom. The van der Waals surface area contributed by atoms with Crippen LogP contribution in [0.3, 0.4) is 0 Å². The molecule has 2 N–H and O–H groups in total. The molecule has 0 amide bonds. The van der Waals surface area contributed by atoms with Crippen LogP contribution >= 0.6 is 0 Å². The number of aliphatic hydroxyl groups is 2. The quantitative estimate of drug-likeness (QED) is 0.775. The Balaban J connectivity index is 2.25. The van der Waals surface area contributed by atoms with Crippen LogP contribution in [-0.4, -0.2) is 22.5 Å². The van der Waals surface area contributed by atoms with Gasteiger partial charge in [0.15, 0.2) is 6.10 Å². The van der Waals surface area contributed by atoms with Gasteiger partial charge in [0.25, 0.3) is 0 Å². The van der Waals surface area contributed by atoms with E-state index < -0.39 is 24.3 Å². The summed E-state index contributed by atoms with van der Waals surface area (Å²) >= 11 is 0. The minimum absolute atomic E-state index is 0.0536. The van der Waals surface area contributed by atoms with Gasteiger partial charge in [-0.05, 0) is 17.5 Å². The Morgan fingerprint density at radius 3 is 2.44 bits per heavy atom. The summed E-state index contributed by atoms with van der Waals surface area (Å²) in [4.78, 5) is 0. The molecule has 0 saturated carbocycles. The maximum absolute atomic E-state index is 12.3. The van der Waals surface area contributed by atoms with Crippen LogP contribution in [0.15, 0.2) is 24.3 Å². The zero-order valence-electron chi connectivity index (χ0n) is 8.28. The Kier molecular flexibility index (Phi) is 2.67. The van der Waals surface area contributed by atoms with Gasteiger partial charge in [0.2, 0.25) is 0 Å². The van der Waals surface area contributed by atoms with Crippen LogP contribution in [0.1, 0.15) is 17.2 Å². The fourth-order valence-electron chi connectivity index (χ4n) is 2.13. The van der Waals surface area contributed by atoms with Crippen molar-refractivity contribution in [1.82, 2.24) is 0 Å². The summed E-state index contributed by atoms with van der Waals surface area (Å²) in [7, 11) is 0. The molecule has 0 aliphatic heterocycles. The van der Waals surface area contributed by atoms with Crippen LogP contribution in [0.5, 0.6) is 0 Å². The normalized spacial score (nSPS) is 26.6. The first kappa shape index (κ1) is 11.4. The average Bonchev–Trinajstić information content (AvgIpc) is 2.54. The van der Waals surface area contributed by atoms with Crippen LogP contribution in [0, 0.1) is 5.92 Å². The number of aliphatic hydroxyl groups excluding tert-OH is 2. The zero-order chi connectivity index (χ0) is 11.9. The third kappa shape index (κ3) is 1.81. The van der Waals surface area contributed by atoms with Gasteiger partial charge < -0.3 is 10.2 Å². The molecule has 2 rings (SSSR count). The highest BCUT2D eigenvalue weighted by atomic mass is 19.4. The molecule has 0 fully saturated rings. The van der Waals surface area contributed by atoms with Crippen molar-refractivity contribution < 1.29 is 23.4 Å². The lowest BCUT2D eigenvalue weighted by Crippen LogP contribution is -2.37. The van der Waals surface area contributed by atoms with E-state index in [9.17, 15) is 18.3 Å². The van der Waals surface area contributed by atoms with E-state index >= 15 is 0 Å². The molecule has 0 heterocycles. The summed E-state index contributed by atoms with van der Waals surface area (Å²) in [5, 5.41) is 18.9. The van der Waals surface area contributed by atoms with Gasteiger partial charge in [-0.3, -0.25) is 0 Å². The minimum atomic E-state index is -4.69. The third-order valence-electron chi connectivity index (χ3n) is 2.98. The van der Waals surface area contributed by atoms with Crippen molar-refractivity contribution in [3.05, 3.63) is 35.4 Å². The molecule has 5 heteroatoms. The molecule has 0 unspecified atom stereocenters. The lowest BCUT2D eigenvalue weighted by molar-refractivity contribution is -0.227. The molecule has 1 aromatic rings. The number of alkyl halides is 3. The predicted octanol–water partition coefficient (Wildman–Crippen LogP) is 1.82. The number of fused-ring (bicyclic) bond motifs is 1. The highest BCUT2D eigenvalue weighted by Crippen LogP contribution is 2.41. The van der Waals surface area contributed by atoms with Gasteiger partial charge in [-0.2, -0.15) is 13.2 Å². The highest BCUT2D eigenvalue weighted by Gasteiger charge is 2.48. The molecule has 1 aliphatic carbocycles. The second kappa shape index (κ2) is 3.75. The van der Waals surface area contributed by atoms with Crippen molar-refractivity contribution in [2.75, 3.05) is 0 Å². The predicted molar refractivity (Wildman–Crippen MR) is 50.7 cm³/mol. The van der Waals surface area contributed by atoms with E-state index in [4.69, 9.17) is 5.11 Å². The molecule has 1 aromatic carbocycles. The smallest absolute Gasteiger partial charge is 0.388 e. The first-order valence-electron chi connectivity index (χ1n) is 4.92. The second-order valence-corrected chi connectivity index (χ2v) is 4.00. The van der Waals surface area contributed by atoms with E-state index in [0.717, 1.165) is 0 Å². The summed E-state index contributed by atoms with van der Waals surface area (Å²) in [5.74, 6) is -1.20. The van der Waals surface area contributed by atoms with Crippen LogP contribution in [0.4, 0.5) is 13.2 Å². The van der Waals surface area contributed by atoms with Crippen molar-refractivity contribution in [3.8, 4) is 0 Å². The van der Waals surface area contributed by atoms with Crippen molar-refractivity contribution in [2.24, 2.45) is 5.92 Å². The van der Waals surface area contributed by atoms with E-state index in [1.54, 1.807) is 24.3 Å². The summed E-state index contributed by atoms with van der Waals surface area (Å²) in [6.07, 6.45) is -8.35. The van der Waals surface area contributed by atoms with Gasteiger partial charge in [0.1, 0.15) is 0 Å². The number of benzene rings is 1. The van der Waals surface area contributed by atoms with Crippen LogP contribution in [0.25, 0.3) is 0 Å². The maximum Gasteiger partial charge on any atom is 0.414 e. The molecular formula is C11H11F3O2. The van der Waals surface area contributed by atoms with Gasteiger partial charge in [0, 0.05) is 5.92 Å². The highest BCUT2D eigenvalue weighted by molar-refractivity contribution is 5.35. The molecule has 16 heavy (non-hydrogen) atoms. The topological polar surface area (TPSA) is 40.5 Å². The first-order valence-corrected chi connectivity index (χ1v) is 4.92. The number of hydrogen-bond acceptors (Lipinski definition) is 2. The maximum atomic E-state index is 12.3. The van der Waals surface area contributed by atoms with Gasteiger partial charge in [0.05, 0.1) is 6.10 Å². The van der Waals surface area contributed by atoms with E-state index in [1.165, 1.54) is 0 Å². The molecule has 0 saturated heterocycles. The molecule has 88 valence electrons. The Labute approximate surface area is 90.3 Å². The number of hydrogen-bond donors (Lipinski definition) is 2. The summed E-state index contributed by atoms with van der Waals surface area (Å²) in [5.41, 5.74) is 1.15. The molecule has 0 aromatic heterocycles. The van der Waals surface area contributed by atoms with E-state index in [1.807, 2.05) is 0 Å². The molecule has 2 nitrogen and oxygen atoms in total. The van der Waals surface area contributed by atoms with E-state index in [-0.39, 0.29) is 6.42 Å². The second-order valence-electron chi connectivity index (χ2n) is 4.00. The third-order valence-corrected chi connectivity index (χ3v) is 2.98. The van der Waals surface area contributed by atoms with Crippen molar-refractivity contribution >= 4 is 0 Å². The Morgan fingerprint density at radius 2 is 1.88 bits per heavy atom. The van der Waals surface area contributed by atoms with Crippen molar-refractivity contribution in [2.45, 2.75) is 24.8 Å². The number of rotatable bonds is 1. The molecule has 1 aliphatic rings. The molecule has 0 radical (unpaired) electrons. The average molecular weight is 232 g/mol. The van der Waals surface area contributed by atoms with Gasteiger partial charge >= 0.3 is 6.18 Å². The van der Waals surface area contributed by atoms with Crippen molar-refractivity contribution in [3.63, 3.8) is 0 Å². The van der Waals surface area contributed by atoms with Crippen molar-refractivity contribution in [1.29, 1.82) is 0 Å². The number of halogens is 3. The first-order chi connectivity index (χ1) is 7.41. The lowest BCUT2D eigenvalue weighted by atomic mass is 9.96. The molecule has 0 bridgehead atoms. The minimum Gasteiger partial charge on any atom is -0.388 e. The zero-order valence-corrected chi connectivity index (χ0v) is 8.28. The monoisotopic (exact) mass is 232 g/mol. The Bertz CT molecular complexity index is 389. The lowest BCUT2D eigenvalue weighted by Gasteiger charge is -2.23. The summed E-state index contributed by atoms with van der Waals surface area (Å²) in [6.45, 7) is 0.